The monoisotopic (exact) mass is 413 g/mol. The van der Waals surface area contributed by atoms with Gasteiger partial charge in [-0.05, 0) is 37.7 Å². The molecule has 0 saturated carbocycles. The first-order chi connectivity index (χ1) is 14.0. The Labute approximate surface area is 169 Å². The summed E-state index contributed by atoms with van der Waals surface area (Å²) in [4.78, 5) is 22.4. The molecule has 0 saturated heterocycles. The van der Waals surface area contributed by atoms with E-state index in [0.29, 0.717) is 11.7 Å². The van der Waals surface area contributed by atoms with Crippen molar-refractivity contribution in [3.63, 3.8) is 0 Å². The van der Waals surface area contributed by atoms with Gasteiger partial charge in [0.15, 0.2) is 11.5 Å². The highest BCUT2D eigenvalue weighted by Crippen LogP contribution is 2.38. The quantitative estimate of drug-likeness (QED) is 0.373. The average molecular weight is 413 g/mol. The van der Waals surface area contributed by atoms with Crippen molar-refractivity contribution in [2.45, 2.75) is 39.2 Å². The lowest BCUT2D eigenvalue weighted by atomic mass is 9.89. The van der Waals surface area contributed by atoms with Gasteiger partial charge in [0.25, 0.3) is 0 Å². The smallest absolute Gasteiger partial charge is 0.350 e. The Bertz CT molecular complexity index is 1260. The lowest BCUT2D eigenvalue weighted by molar-refractivity contribution is -0.385. The van der Waals surface area contributed by atoms with Crippen LogP contribution in [0.4, 0.5) is 5.69 Å². The molecule has 0 aromatic carbocycles. The third kappa shape index (κ3) is 2.76. The summed E-state index contributed by atoms with van der Waals surface area (Å²) in [5, 5.41) is 21.0. The number of aromatic nitrogens is 6. The maximum Gasteiger partial charge on any atom is 0.350 e. The van der Waals surface area contributed by atoms with Gasteiger partial charge in [0.2, 0.25) is 0 Å². The summed E-state index contributed by atoms with van der Waals surface area (Å²) in [7, 11) is 1.36. The summed E-state index contributed by atoms with van der Waals surface area (Å²) in [6.45, 7) is 4.13. The molecule has 4 aromatic rings. The SMILES string of the molecule is COc1nn([C@@H](C)c2nc3c4c5c(sc4ncn3n2)C[C@@H](C)CC5)cc1[N+](=O)[O-]. The summed E-state index contributed by atoms with van der Waals surface area (Å²) in [6, 6.07) is -0.401. The Hall–Kier alpha value is -3.08. The van der Waals surface area contributed by atoms with Gasteiger partial charge in [-0.2, -0.15) is 0 Å². The predicted octanol–water partition coefficient (Wildman–Crippen LogP) is 3.19. The minimum absolute atomic E-state index is 0.0318. The Morgan fingerprint density at radius 3 is 2.97 bits per heavy atom. The molecule has 4 aromatic heterocycles. The minimum Gasteiger partial charge on any atom is -0.475 e. The first kappa shape index (κ1) is 18.0. The van der Waals surface area contributed by atoms with E-state index in [-0.39, 0.29) is 11.6 Å². The first-order valence-corrected chi connectivity index (χ1v) is 10.2. The molecule has 5 rings (SSSR count). The number of thiophene rings is 1. The molecule has 0 N–H and O–H groups in total. The van der Waals surface area contributed by atoms with E-state index >= 15 is 0 Å². The van der Waals surface area contributed by atoms with Crippen LogP contribution in [0.3, 0.4) is 0 Å². The van der Waals surface area contributed by atoms with Crippen molar-refractivity contribution in [3.8, 4) is 5.88 Å². The fourth-order valence-corrected chi connectivity index (χ4v) is 5.23. The van der Waals surface area contributed by atoms with Gasteiger partial charge in [0, 0.05) is 4.88 Å². The summed E-state index contributed by atoms with van der Waals surface area (Å²) >= 11 is 1.74. The molecule has 0 radical (unpaired) electrons. The molecule has 0 unspecified atom stereocenters. The fourth-order valence-electron chi connectivity index (χ4n) is 3.89. The van der Waals surface area contributed by atoms with Crippen LogP contribution in [0.25, 0.3) is 15.9 Å². The van der Waals surface area contributed by atoms with E-state index in [9.17, 15) is 10.1 Å². The molecule has 0 amide bonds. The topological polar surface area (TPSA) is 113 Å². The summed E-state index contributed by atoms with van der Waals surface area (Å²) in [5.41, 5.74) is 1.93. The van der Waals surface area contributed by atoms with Crippen LogP contribution in [0.15, 0.2) is 12.5 Å². The van der Waals surface area contributed by atoms with Crippen LogP contribution < -0.4 is 4.74 Å². The highest BCUT2D eigenvalue weighted by Gasteiger charge is 2.27. The highest BCUT2D eigenvalue weighted by atomic mass is 32.1. The lowest BCUT2D eigenvalue weighted by Crippen LogP contribution is -2.09. The summed E-state index contributed by atoms with van der Waals surface area (Å²) in [6.07, 6.45) is 6.29. The maximum atomic E-state index is 11.2. The van der Waals surface area contributed by atoms with Gasteiger partial charge in [-0.1, -0.05) is 6.92 Å². The van der Waals surface area contributed by atoms with Crippen LogP contribution in [0, 0.1) is 16.0 Å². The maximum absolute atomic E-state index is 11.2. The van der Waals surface area contributed by atoms with Gasteiger partial charge in [-0.3, -0.25) is 14.8 Å². The summed E-state index contributed by atoms with van der Waals surface area (Å²) in [5.74, 6) is 1.17. The molecule has 0 fully saturated rings. The van der Waals surface area contributed by atoms with Crippen molar-refractivity contribution in [3.05, 3.63) is 38.9 Å². The van der Waals surface area contributed by atoms with E-state index < -0.39 is 11.0 Å². The minimum atomic E-state index is -0.516. The van der Waals surface area contributed by atoms with E-state index in [0.717, 1.165) is 35.1 Å². The number of nitro groups is 1. The number of methoxy groups -OCH3 is 1. The van der Waals surface area contributed by atoms with Crippen molar-refractivity contribution < 1.29 is 9.66 Å². The number of aryl methyl sites for hydroxylation is 1. The van der Waals surface area contributed by atoms with E-state index in [2.05, 4.69) is 22.1 Å². The molecule has 4 heterocycles. The molecule has 0 aliphatic heterocycles. The van der Waals surface area contributed by atoms with Crippen molar-refractivity contribution in [1.29, 1.82) is 0 Å². The second-order valence-electron chi connectivity index (χ2n) is 7.45. The Balaban J connectivity index is 1.61. The molecule has 1 aliphatic carbocycles. The second kappa shape index (κ2) is 6.48. The van der Waals surface area contributed by atoms with Crippen molar-refractivity contribution in [2.75, 3.05) is 7.11 Å². The van der Waals surface area contributed by atoms with Gasteiger partial charge in [-0.25, -0.2) is 14.5 Å². The third-order valence-corrected chi connectivity index (χ3v) is 6.65. The standard InChI is InChI=1S/C18H19N7O3S/c1-9-4-5-11-13(6-9)29-18-14(11)16-20-15(21-24(16)8-19-18)10(2)23-7-12(25(26)27)17(22-23)28-3/h7-10H,4-6H2,1-3H3/t9-,10-/m0/s1. The number of hydrogen-bond acceptors (Lipinski definition) is 8. The van der Waals surface area contributed by atoms with Crippen molar-refractivity contribution >= 4 is 32.9 Å². The molecule has 0 bridgehead atoms. The van der Waals surface area contributed by atoms with Crippen LogP contribution >= 0.6 is 11.3 Å². The predicted molar refractivity (Wildman–Crippen MR) is 107 cm³/mol. The van der Waals surface area contributed by atoms with E-state index in [1.54, 1.807) is 22.2 Å². The largest absolute Gasteiger partial charge is 0.475 e. The van der Waals surface area contributed by atoms with Gasteiger partial charge < -0.3 is 4.74 Å². The van der Waals surface area contributed by atoms with Gasteiger partial charge in [0.1, 0.15) is 23.4 Å². The van der Waals surface area contributed by atoms with Crippen LogP contribution in [-0.2, 0) is 12.8 Å². The molecule has 0 spiro atoms. The van der Waals surface area contributed by atoms with Crippen LogP contribution in [0.1, 0.15) is 42.6 Å². The number of ether oxygens (including phenoxy) is 1. The van der Waals surface area contributed by atoms with Crippen molar-refractivity contribution in [2.24, 2.45) is 5.92 Å². The van der Waals surface area contributed by atoms with Gasteiger partial charge in [0.05, 0.1) is 17.4 Å². The zero-order chi connectivity index (χ0) is 20.3. The number of nitrogens with zero attached hydrogens (tertiary/aromatic N) is 7. The number of fused-ring (bicyclic) bond motifs is 5. The zero-order valence-corrected chi connectivity index (χ0v) is 17.0. The fraction of sp³-hybridized carbons (Fsp3) is 0.444. The molecule has 29 heavy (non-hydrogen) atoms. The van der Waals surface area contributed by atoms with Gasteiger partial charge in [-0.15, -0.1) is 21.5 Å². The normalized spacial score (nSPS) is 17.6. The zero-order valence-electron chi connectivity index (χ0n) is 16.2. The number of rotatable bonds is 4. The molecule has 10 nitrogen and oxygen atoms in total. The molecular formula is C18H19N7O3S. The molecule has 150 valence electrons. The summed E-state index contributed by atoms with van der Waals surface area (Å²) < 4.78 is 8.17. The average Bonchev–Trinajstić information content (AvgIpc) is 3.40. The third-order valence-electron chi connectivity index (χ3n) is 5.49. The molecule has 1 aliphatic rings. The second-order valence-corrected chi connectivity index (χ2v) is 8.53. The Kier molecular flexibility index (Phi) is 4.02. The molecule has 2 atom stereocenters. The van der Waals surface area contributed by atoms with E-state index in [1.165, 1.54) is 28.4 Å². The first-order valence-electron chi connectivity index (χ1n) is 9.39. The van der Waals surface area contributed by atoms with E-state index in [4.69, 9.17) is 9.72 Å². The molecular weight excluding hydrogens is 394 g/mol. The number of hydrogen-bond donors (Lipinski definition) is 0. The van der Waals surface area contributed by atoms with Crippen LogP contribution in [0.2, 0.25) is 0 Å². The van der Waals surface area contributed by atoms with Crippen LogP contribution in [0.5, 0.6) is 5.88 Å². The Morgan fingerprint density at radius 1 is 1.41 bits per heavy atom. The van der Waals surface area contributed by atoms with Crippen LogP contribution in [-0.4, -0.2) is 41.4 Å². The van der Waals surface area contributed by atoms with Gasteiger partial charge >= 0.3 is 11.6 Å². The highest BCUT2D eigenvalue weighted by molar-refractivity contribution is 7.19. The van der Waals surface area contributed by atoms with Crippen molar-refractivity contribution in [1.82, 2.24) is 29.4 Å². The lowest BCUT2D eigenvalue weighted by Gasteiger charge is -2.17. The molecule has 11 heteroatoms. The Morgan fingerprint density at radius 2 is 2.24 bits per heavy atom. The van der Waals surface area contributed by atoms with E-state index in [1.807, 2.05) is 6.92 Å².